The molecule has 1 aromatic rings. The van der Waals surface area contributed by atoms with E-state index >= 15 is 0 Å². The van der Waals surface area contributed by atoms with Gasteiger partial charge in [0.25, 0.3) is 0 Å². The van der Waals surface area contributed by atoms with E-state index in [9.17, 15) is 4.79 Å². The number of hydrogen-bond donors (Lipinski definition) is 1. The second-order valence-corrected chi connectivity index (χ2v) is 3.81. The smallest absolute Gasteiger partial charge is 0.329 e. The molecule has 0 aliphatic heterocycles. The van der Waals surface area contributed by atoms with Gasteiger partial charge in [0.1, 0.15) is 11.3 Å². The normalized spacial score (nSPS) is 11.4. The molecular weight excluding hydrogens is 182 g/mol. The van der Waals surface area contributed by atoms with Crippen LogP contribution < -0.4 is 4.90 Å². The maximum absolute atomic E-state index is 11.0. The zero-order chi connectivity index (χ0) is 10.9. The number of anilines is 1. The van der Waals surface area contributed by atoms with Crippen LogP contribution in [0.4, 0.5) is 5.88 Å². The van der Waals surface area contributed by atoms with Crippen molar-refractivity contribution in [1.29, 1.82) is 0 Å². The van der Waals surface area contributed by atoms with E-state index < -0.39 is 11.5 Å². The van der Waals surface area contributed by atoms with E-state index in [0.29, 0.717) is 5.88 Å². The highest BCUT2D eigenvalue weighted by molar-refractivity contribution is 5.81. The molecule has 0 saturated carbocycles. The molecule has 0 aliphatic rings. The number of carboxylic acids is 1. The molecule has 0 amide bonds. The lowest BCUT2D eigenvalue weighted by molar-refractivity contribution is -0.142. The Kier molecular flexibility index (Phi) is 2.55. The first kappa shape index (κ1) is 10.6. The van der Waals surface area contributed by atoms with Crippen molar-refractivity contribution in [3.05, 3.63) is 17.9 Å². The van der Waals surface area contributed by atoms with E-state index in [4.69, 9.17) is 9.52 Å². The first-order valence-electron chi connectivity index (χ1n) is 4.39. The van der Waals surface area contributed by atoms with Crippen LogP contribution in [0.2, 0.25) is 0 Å². The van der Waals surface area contributed by atoms with Gasteiger partial charge in [-0.3, -0.25) is 0 Å². The first-order chi connectivity index (χ1) is 6.35. The topological polar surface area (TPSA) is 53.7 Å². The molecule has 0 unspecified atom stereocenters. The summed E-state index contributed by atoms with van der Waals surface area (Å²) in [5.41, 5.74) is -0.968. The van der Waals surface area contributed by atoms with E-state index in [2.05, 4.69) is 0 Å². The number of carbonyl (C=O) groups is 1. The van der Waals surface area contributed by atoms with Gasteiger partial charge in [-0.1, -0.05) is 0 Å². The number of rotatable bonds is 3. The highest BCUT2D eigenvalue weighted by Gasteiger charge is 2.33. The number of furan rings is 1. The Morgan fingerprint density at radius 1 is 1.50 bits per heavy atom. The lowest BCUT2D eigenvalue weighted by Gasteiger charge is -2.31. The van der Waals surface area contributed by atoms with Crippen LogP contribution in [0, 0.1) is 6.92 Å². The summed E-state index contributed by atoms with van der Waals surface area (Å²) in [6.07, 6.45) is 0. The standard InChI is InChI=1S/C10H15NO3/c1-7-5-6-8(14-7)11(4)10(2,3)9(12)13/h5-6H,1-4H3,(H,12,13). The molecule has 1 N–H and O–H groups in total. The minimum Gasteiger partial charge on any atom is -0.480 e. The Balaban J connectivity index is 2.95. The van der Waals surface area contributed by atoms with Crippen LogP contribution in [0.15, 0.2) is 16.5 Å². The number of nitrogens with zero attached hydrogens (tertiary/aromatic N) is 1. The van der Waals surface area contributed by atoms with Crippen molar-refractivity contribution in [3.63, 3.8) is 0 Å². The van der Waals surface area contributed by atoms with Crippen LogP contribution in [0.3, 0.4) is 0 Å². The predicted molar refractivity (Wildman–Crippen MR) is 53.6 cm³/mol. The molecule has 1 heterocycles. The number of carboxylic acid groups (broad SMARTS) is 1. The minimum absolute atomic E-state index is 0.565. The van der Waals surface area contributed by atoms with Crippen LogP contribution >= 0.6 is 0 Å². The highest BCUT2D eigenvalue weighted by Crippen LogP contribution is 2.24. The second kappa shape index (κ2) is 3.36. The Morgan fingerprint density at radius 2 is 2.07 bits per heavy atom. The van der Waals surface area contributed by atoms with Crippen molar-refractivity contribution in [2.24, 2.45) is 0 Å². The number of aryl methyl sites for hydroxylation is 1. The SMILES string of the molecule is Cc1ccc(N(C)C(C)(C)C(=O)O)o1. The molecule has 4 heteroatoms. The molecule has 1 aromatic heterocycles. The van der Waals surface area contributed by atoms with E-state index in [1.807, 2.05) is 13.0 Å². The van der Waals surface area contributed by atoms with Gasteiger partial charge >= 0.3 is 5.97 Å². The maximum Gasteiger partial charge on any atom is 0.329 e. The average molecular weight is 197 g/mol. The molecule has 0 aliphatic carbocycles. The molecule has 0 aromatic carbocycles. The van der Waals surface area contributed by atoms with Gasteiger partial charge in [0.05, 0.1) is 0 Å². The third-order valence-electron chi connectivity index (χ3n) is 2.42. The van der Waals surface area contributed by atoms with Gasteiger partial charge in [0.15, 0.2) is 5.88 Å². The number of aliphatic carboxylic acids is 1. The summed E-state index contributed by atoms with van der Waals surface area (Å²) in [6.45, 7) is 5.09. The number of hydrogen-bond acceptors (Lipinski definition) is 3. The molecule has 0 atom stereocenters. The summed E-state index contributed by atoms with van der Waals surface area (Å²) in [7, 11) is 1.70. The fraction of sp³-hybridized carbons (Fsp3) is 0.500. The van der Waals surface area contributed by atoms with Gasteiger partial charge in [-0.05, 0) is 26.8 Å². The molecule has 0 fully saturated rings. The molecular formula is C10H15NO3. The van der Waals surface area contributed by atoms with Crippen molar-refractivity contribution in [2.45, 2.75) is 26.3 Å². The summed E-state index contributed by atoms with van der Waals surface area (Å²) in [5, 5.41) is 9.00. The Labute approximate surface area is 83.1 Å². The first-order valence-corrected chi connectivity index (χ1v) is 4.39. The van der Waals surface area contributed by atoms with Gasteiger partial charge in [-0.2, -0.15) is 0 Å². The number of likely N-dealkylation sites (N-methyl/N-ethyl adjacent to an activating group) is 1. The van der Waals surface area contributed by atoms with Crippen LogP contribution in [0.5, 0.6) is 0 Å². The molecule has 78 valence electrons. The molecule has 14 heavy (non-hydrogen) atoms. The zero-order valence-electron chi connectivity index (χ0n) is 8.87. The van der Waals surface area contributed by atoms with Gasteiger partial charge in [-0.25, -0.2) is 4.79 Å². The average Bonchev–Trinajstić information content (AvgIpc) is 2.50. The summed E-state index contributed by atoms with van der Waals surface area (Å²) in [4.78, 5) is 12.6. The fourth-order valence-electron chi connectivity index (χ4n) is 1.02. The molecule has 0 spiro atoms. The van der Waals surface area contributed by atoms with Gasteiger partial charge in [0, 0.05) is 13.1 Å². The van der Waals surface area contributed by atoms with E-state index in [0.717, 1.165) is 5.76 Å². The third kappa shape index (κ3) is 1.73. The lowest BCUT2D eigenvalue weighted by Crippen LogP contribution is -2.48. The Morgan fingerprint density at radius 3 is 2.43 bits per heavy atom. The largest absolute Gasteiger partial charge is 0.480 e. The summed E-state index contributed by atoms with van der Waals surface area (Å²) in [5.74, 6) is 0.456. The van der Waals surface area contributed by atoms with Crippen molar-refractivity contribution in [2.75, 3.05) is 11.9 Å². The monoisotopic (exact) mass is 197 g/mol. The molecule has 4 nitrogen and oxygen atoms in total. The second-order valence-electron chi connectivity index (χ2n) is 3.81. The van der Waals surface area contributed by atoms with Crippen molar-refractivity contribution in [1.82, 2.24) is 0 Å². The zero-order valence-corrected chi connectivity index (χ0v) is 8.87. The molecule has 1 rings (SSSR count). The van der Waals surface area contributed by atoms with Crippen LogP contribution in [0.1, 0.15) is 19.6 Å². The van der Waals surface area contributed by atoms with E-state index in [1.54, 1.807) is 31.9 Å². The van der Waals surface area contributed by atoms with Gasteiger partial charge in [0.2, 0.25) is 0 Å². The molecule has 0 saturated heterocycles. The quantitative estimate of drug-likeness (QED) is 0.803. The molecule has 0 bridgehead atoms. The Bertz CT molecular complexity index is 341. The lowest BCUT2D eigenvalue weighted by atomic mass is 10.0. The van der Waals surface area contributed by atoms with Crippen molar-refractivity contribution in [3.8, 4) is 0 Å². The highest BCUT2D eigenvalue weighted by atomic mass is 16.4. The Hall–Kier alpha value is -1.45. The van der Waals surface area contributed by atoms with Crippen molar-refractivity contribution < 1.29 is 14.3 Å². The summed E-state index contributed by atoms with van der Waals surface area (Å²) < 4.78 is 5.34. The molecule has 0 radical (unpaired) electrons. The van der Waals surface area contributed by atoms with E-state index in [1.165, 1.54) is 0 Å². The van der Waals surface area contributed by atoms with Crippen molar-refractivity contribution >= 4 is 11.9 Å². The fourth-order valence-corrected chi connectivity index (χ4v) is 1.02. The van der Waals surface area contributed by atoms with Crippen LogP contribution in [-0.4, -0.2) is 23.7 Å². The van der Waals surface area contributed by atoms with Crippen LogP contribution in [0.25, 0.3) is 0 Å². The van der Waals surface area contributed by atoms with Crippen LogP contribution in [-0.2, 0) is 4.79 Å². The van der Waals surface area contributed by atoms with Gasteiger partial charge in [-0.15, -0.1) is 0 Å². The predicted octanol–water partition coefficient (Wildman–Crippen LogP) is 1.89. The maximum atomic E-state index is 11.0. The third-order valence-corrected chi connectivity index (χ3v) is 2.42. The summed E-state index contributed by atoms with van der Waals surface area (Å²) in [6, 6.07) is 3.57. The van der Waals surface area contributed by atoms with Gasteiger partial charge < -0.3 is 14.4 Å². The van der Waals surface area contributed by atoms with E-state index in [-0.39, 0.29) is 0 Å². The summed E-state index contributed by atoms with van der Waals surface area (Å²) >= 11 is 0. The minimum atomic E-state index is -0.968.